The first-order valence-electron chi connectivity index (χ1n) is 6.85. The number of hydrogen-bond acceptors (Lipinski definition) is 4. The topological polar surface area (TPSA) is 47.3 Å². The predicted molar refractivity (Wildman–Crippen MR) is 90.5 cm³/mol. The Labute approximate surface area is 137 Å². The fraction of sp³-hybridized carbons (Fsp3) is 0.250. The number of thioether (sulfide) groups is 1. The van der Waals surface area contributed by atoms with Crippen LogP contribution in [0, 0.1) is 0 Å². The van der Waals surface area contributed by atoms with Crippen LogP contribution in [-0.2, 0) is 6.42 Å². The van der Waals surface area contributed by atoms with Crippen LogP contribution in [-0.4, -0.2) is 17.9 Å². The molecule has 0 saturated heterocycles. The summed E-state index contributed by atoms with van der Waals surface area (Å²) in [5.74, 6) is 7.61. The maximum absolute atomic E-state index is 6.11. The number of hydrogen-bond donors (Lipinski definition) is 2. The summed E-state index contributed by atoms with van der Waals surface area (Å²) in [6, 6.07) is 16.6. The molecule has 2 aromatic rings. The van der Waals surface area contributed by atoms with Gasteiger partial charge in [0.05, 0.1) is 6.04 Å². The minimum atomic E-state index is 0.0681. The van der Waals surface area contributed by atoms with Crippen molar-refractivity contribution in [3.8, 4) is 5.75 Å². The summed E-state index contributed by atoms with van der Waals surface area (Å²) < 4.78 is 7.19. The predicted octanol–water partition coefficient (Wildman–Crippen LogP) is 3.38. The standard InChI is InChI=1S/C16H17BrN2OS/c17-12-7-5-11(6-8-12)9-13(19-18)15-10-21-16-4-2-1-3-14(16)20-15/h1-8,13,15,19H,9-10,18H2. The first-order valence-corrected chi connectivity index (χ1v) is 8.63. The Bertz CT molecular complexity index is 605. The average molecular weight is 365 g/mol. The zero-order chi connectivity index (χ0) is 14.7. The molecule has 1 heterocycles. The van der Waals surface area contributed by atoms with Gasteiger partial charge in [0.1, 0.15) is 11.9 Å². The number of nitrogens with two attached hydrogens (primary N) is 1. The smallest absolute Gasteiger partial charge is 0.133 e. The van der Waals surface area contributed by atoms with Crippen LogP contribution >= 0.6 is 27.7 Å². The van der Waals surface area contributed by atoms with Gasteiger partial charge in [0.2, 0.25) is 0 Å². The molecule has 2 atom stereocenters. The van der Waals surface area contributed by atoms with E-state index in [1.165, 1.54) is 10.5 Å². The summed E-state index contributed by atoms with van der Waals surface area (Å²) in [7, 11) is 0. The van der Waals surface area contributed by atoms with Crippen LogP contribution in [0.15, 0.2) is 57.9 Å². The third-order valence-electron chi connectivity index (χ3n) is 3.56. The van der Waals surface area contributed by atoms with Crippen molar-refractivity contribution >= 4 is 27.7 Å². The third kappa shape index (κ3) is 3.61. The number of nitrogens with one attached hydrogen (secondary N) is 1. The molecule has 0 radical (unpaired) electrons. The minimum absolute atomic E-state index is 0.0681. The maximum Gasteiger partial charge on any atom is 0.133 e. The molecule has 0 amide bonds. The summed E-state index contributed by atoms with van der Waals surface area (Å²) in [5, 5.41) is 0. The van der Waals surface area contributed by atoms with Gasteiger partial charge in [0, 0.05) is 15.1 Å². The molecule has 3 N–H and O–H groups in total. The highest BCUT2D eigenvalue weighted by Crippen LogP contribution is 2.36. The van der Waals surface area contributed by atoms with Gasteiger partial charge in [0.25, 0.3) is 0 Å². The first-order chi connectivity index (χ1) is 10.3. The molecule has 3 nitrogen and oxygen atoms in total. The Kier molecular flexibility index (Phi) is 4.85. The van der Waals surface area contributed by atoms with E-state index < -0.39 is 0 Å². The van der Waals surface area contributed by atoms with Crippen molar-refractivity contribution in [3.05, 3.63) is 58.6 Å². The second kappa shape index (κ2) is 6.83. The number of hydrazine groups is 1. The molecule has 110 valence electrons. The van der Waals surface area contributed by atoms with Crippen LogP contribution in [0.25, 0.3) is 0 Å². The van der Waals surface area contributed by atoms with Gasteiger partial charge in [-0.05, 0) is 36.2 Å². The molecule has 1 aliphatic rings. The van der Waals surface area contributed by atoms with E-state index in [4.69, 9.17) is 10.6 Å². The molecule has 2 unspecified atom stereocenters. The lowest BCUT2D eigenvalue weighted by Crippen LogP contribution is -2.50. The molecule has 3 rings (SSSR count). The first kappa shape index (κ1) is 14.9. The van der Waals surface area contributed by atoms with E-state index in [2.05, 4.69) is 51.7 Å². The molecule has 0 saturated carbocycles. The molecule has 0 aliphatic carbocycles. The van der Waals surface area contributed by atoms with Crippen molar-refractivity contribution in [1.29, 1.82) is 0 Å². The van der Waals surface area contributed by atoms with Gasteiger partial charge in [-0.1, -0.05) is 40.2 Å². The van der Waals surface area contributed by atoms with E-state index in [1.54, 1.807) is 0 Å². The minimum Gasteiger partial charge on any atom is -0.487 e. The Hall–Kier alpha value is -1.01. The molecule has 5 heteroatoms. The summed E-state index contributed by atoms with van der Waals surface area (Å²) >= 11 is 5.28. The Balaban J connectivity index is 1.71. The van der Waals surface area contributed by atoms with E-state index in [1.807, 2.05) is 30.0 Å². The molecule has 0 bridgehead atoms. The SMILES string of the molecule is NNC(Cc1ccc(Br)cc1)C1CSc2ccccc2O1. The molecule has 0 spiro atoms. The van der Waals surface area contributed by atoms with E-state index in [9.17, 15) is 0 Å². The van der Waals surface area contributed by atoms with Crippen LogP contribution in [0.1, 0.15) is 5.56 Å². The van der Waals surface area contributed by atoms with Crippen molar-refractivity contribution < 1.29 is 4.74 Å². The number of fused-ring (bicyclic) bond motifs is 1. The molecule has 0 aromatic heterocycles. The van der Waals surface area contributed by atoms with Gasteiger partial charge in [-0.25, -0.2) is 0 Å². The van der Waals surface area contributed by atoms with Gasteiger partial charge < -0.3 is 4.74 Å². The van der Waals surface area contributed by atoms with Gasteiger partial charge in [-0.2, -0.15) is 0 Å². The molecular formula is C16H17BrN2OS. The normalized spacial score (nSPS) is 18.7. The summed E-state index contributed by atoms with van der Waals surface area (Å²) in [6.07, 6.45) is 0.913. The Morgan fingerprint density at radius 3 is 2.76 bits per heavy atom. The van der Waals surface area contributed by atoms with Gasteiger partial charge in [-0.15, -0.1) is 11.8 Å². The van der Waals surface area contributed by atoms with Crippen molar-refractivity contribution in [1.82, 2.24) is 5.43 Å². The van der Waals surface area contributed by atoms with Crippen LogP contribution in [0.4, 0.5) is 0 Å². The second-order valence-corrected chi connectivity index (χ2v) is 7.00. The number of halogens is 1. The van der Waals surface area contributed by atoms with Crippen LogP contribution < -0.4 is 16.0 Å². The second-order valence-electron chi connectivity index (χ2n) is 5.02. The number of para-hydroxylation sites is 1. The van der Waals surface area contributed by atoms with E-state index >= 15 is 0 Å². The summed E-state index contributed by atoms with van der Waals surface area (Å²) in [6.45, 7) is 0. The van der Waals surface area contributed by atoms with E-state index in [0.29, 0.717) is 0 Å². The molecular weight excluding hydrogens is 348 g/mol. The lowest BCUT2D eigenvalue weighted by atomic mass is 10.0. The zero-order valence-electron chi connectivity index (χ0n) is 11.5. The average Bonchev–Trinajstić information content (AvgIpc) is 2.54. The van der Waals surface area contributed by atoms with Gasteiger partial charge in [-0.3, -0.25) is 11.3 Å². The Morgan fingerprint density at radius 1 is 1.24 bits per heavy atom. The highest BCUT2D eigenvalue weighted by atomic mass is 79.9. The van der Waals surface area contributed by atoms with Crippen LogP contribution in [0.3, 0.4) is 0 Å². The van der Waals surface area contributed by atoms with Crippen molar-refractivity contribution in [2.45, 2.75) is 23.5 Å². The fourth-order valence-corrected chi connectivity index (χ4v) is 3.75. The molecule has 21 heavy (non-hydrogen) atoms. The Morgan fingerprint density at radius 2 is 2.00 bits per heavy atom. The molecule has 0 fully saturated rings. The third-order valence-corrected chi connectivity index (χ3v) is 5.23. The highest BCUT2D eigenvalue weighted by Gasteiger charge is 2.27. The summed E-state index contributed by atoms with van der Waals surface area (Å²) in [5.41, 5.74) is 4.16. The van der Waals surface area contributed by atoms with Crippen molar-refractivity contribution in [3.63, 3.8) is 0 Å². The van der Waals surface area contributed by atoms with E-state index in [-0.39, 0.29) is 12.1 Å². The zero-order valence-corrected chi connectivity index (χ0v) is 13.9. The lowest BCUT2D eigenvalue weighted by Gasteiger charge is -2.31. The van der Waals surface area contributed by atoms with E-state index in [0.717, 1.165) is 22.4 Å². The monoisotopic (exact) mass is 364 g/mol. The number of ether oxygens (including phenoxy) is 1. The fourth-order valence-electron chi connectivity index (χ4n) is 2.41. The van der Waals surface area contributed by atoms with Crippen LogP contribution in [0.5, 0.6) is 5.75 Å². The number of benzene rings is 2. The van der Waals surface area contributed by atoms with Gasteiger partial charge >= 0.3 is 0 Å². The lowest BCUT2D eigenvalue weighted by molar-refractivity contribution is 0.165. The maximum atomic E-state index is 6.11. The van der Waals surface area contributed by atoms with Crippen LogP contribution in [0.2, 0.25) is 0 Å². The largest absolute Gasteiger partial charge is 0.487 e. The van der Waals surface area contributed by atoms with Crippen molar-refractivity contribution in [2.75, 3.05) is 5.75 Å². The highest BCUT2D eigenvalue weighted by molar-refractivity contribution is 9.10. The molecule has 1 aliphatic heterocycles. The summed E-state index contributed by atoms with van der Waals surface area (Å²) in [4.78, 5) is 1.20. The van der Waals surface area contributed by atoms with Gasteiger partial charge in [0.15, 0.2) is 0 Å². The van der Waals surface area contributed by atoms with Crippen molar-refractivity contribution in [2.24, 2.45) is 5.84 Å². The quantitative estimate of drug-likeness (QED) is 0.644. The number of rotatable bonds is 4. The molecule has 2 aromatic carbocycles.